The van der Waals surface area contributed by atoms with Gasteiger partial charge in [0.25, 0.3) is 0 Å². The number of hydrogen-bond donors (Lipinski definition) is 1. The second-order valence-corrected chi connectivity index (χ2v) is 7.43. The molecule has 90 valence electrons. The molecule has 1 unspecified atom stereocenters. The highest BCUT2D eigenvalue weighted by Gasteiger charge is 2.26. The summed E-state index contributed by atoms with van der Waals surface area (Å²) in [7, 11) is -1.98. The van der Waals surface area contributed by atoms with E-state index < -0.39 is 8.56 Å². The lowest BCUT2D eigenvalue weighted by molar-refractivity contribution is 0.152. The van der Waals surface area contributed by atoms with Gasteiger partial charge < -0.3 is 14.2 Å². The van der Waals surface area contributed by atoms with Crippen molar-refractivity contribution in [3.8, 4) is 0 Å². The molecule has 1 aromatic carbocycles. The summed E-state index contributed by atoms with van der Waals surface area (Å²) in [5.41, 5.74) is 1.07. The van der Waals surface area contributed by atoms with E-state index in [0.717, 1.165) is 5.69 Å². The van der Waals surface area contributed by atoms with Crippen molar-refractivity contribution in [3.63, 3.8) is 0 Å². The van der Waals surface area contributed by atoms with E-state index in [0.29, 0.717) is 6.61 Å². The van der Waals surface area contributed by atoms with Gasteiger partial charge in [0.15, 0.2) is 0 Å². The van der Waals surface area contributed by atoms with Crippen LogP contribution < -0.4 is 5.32 Å². The lowest BCUT2D eigenvalue weighted by atomic mass is 10.3. The molecular formula is C12H21NO2Si. The summed E-state index contributed by atoms with van der Waals surface area (Å²) >= 11 is 0. The molecule has 1 aromatic rings. The first-order valence-electron chi connectivity index (χ1n) is 5.67. The van der Waals surface area contributed by atoms with E-state index in [1.165, 1.54) is 0 Å². The maximum atomic E-state index is 5.89. The Morgan fingerprint density at radius 1 is 1.25 bits per heavy atom. The first-order chi connectivity index (χ1) is 7.53. The van der Waals surface area contributed by atoms with Gasteiger partial charge in [0.2, 0.25) is 0 Å². The average Bonchev–Trinajstić information content (AvgIpc) is 2.17. The highest BCUT2D eigenvalue weighted by Crippen LogP contribution is 2.13. The number of para-hydroxylation sites is 1. The van der Waals surface area contributed by atoms with Gasteiger partial charge in [0, 0.05) is 12.3 Å². The van der Waals surface area contributed by atoms with E-state index in [1.807, 2.05) is 44.2 Å². The summed E-state index contributed by atoms with van der Waals surface area (Å²) in [6.45, 7) is 8.81. The van der Waals surface area contributed by atoms with Crippen LogP contribution >= 0.6 is 0 Å². The fourth-order valence-corrected chi connectivity index (χ4v) is 3.28. The summed E-state index contributed by atoms with van der Waals surface area (Å²) < 4.78 is 11.5. The Balaban J connectivity index is 2.44. The molecular weight excluding hydrogens is 218 g/mol. The second-order valence-electron chi connectivity index (χ2n) is 4.10. The first-order valence-corrected chi connectivity index (χ1v) is 8.48. The van der Waals surface area contributed by atoms with Gasteiger partial charge in [-0.15, -0.1) is 0 Å². The van der Waals surface area contributed by atoms with Gasteiger partial charge >= 0.3 is 8.56 Å². The Morgan fingerprint density at radius 2 is 1.88 bits per heavy atom. The van der Waals surface area contributed by atoms with Crippen LogP contribution in [0.4, 0.5) is 5.69 Å². The molecule has 16 heavy (non-hydrogen) atoms. The molecule has 1 N–H and O–H groups in total. The third-order valence-corrected chi connectivity index (χ3v) is 4.00. The predicted molar refractivity (Wildman–Crippen MR) is 69.7 cm³/mol. The minimum atomic E-state index is -1.98. The van der Waals surface area contributed by atoms with E-state index in [9.17, 15) is 0 Å². The van der Waals surface area contributed by atoms with Gasteiger partial charge in [-0.25, -0.2) is 0 Å². The average molecular weight is 239 g/mol. The molecule has 3 nitrogen and oxygen atoms in total. The van der Waals surface area contributed by atoms with Gasteiger partial charge in [0.05, 0.1) is 0 Å². The van der Waals surface area contributed by atoms with Crippen LogP contribution in [0.5, 0.6) is 0 Å². The van der Waals surface area contributed by atoms with E-state index >= 15 is 0 Å². The zero-order valence-corrected chi connectivity index (χ0v) is 11.5. The highest BCUT2D eigenvalue weighted by molar-refractivity contribution is 6.64. The van der Waals surface area contributed by atoms with Crippen molar-refractivity contribution >= 4 is 14.2 Å². The van der Waals surface area contributed by atoms with Crippen LogP contribution in [0.3, 0.4) is 0 Å². The van der Waals surface area contributed by atoms with E-state index in [-0.39, 0.29) is 6.23 Å². The van der Waals surface area contributed by atoms with Crippen LogP contribution in [0.1, 0.15) is 13.8 Å². The van der Waals surface area contributed by atoms with Gasteiger partial charge in [0.1, 0.15) is 6.23 Å². The smallest absolute Gasteiger partial charge is 0.333 e. The van der Waals surface area contributed by atoms with Crippen LogP contribution in [0.15, 0.2) is 30.3 Å². The molecule has 1 atom stereocenters. The molecule has 0 bridgehead atoms. The normalized spacial score (nSPS) is 13.5. The SMILES string of the molecule is CCO[Si](C)(C)OC(C)Nc1ccccc1. The van der Waals surface area contributed by atoms with Crippen LogP contribution in [-0.2, 0) is 8.85 Å². The summed E-state index contributed by atoms with van der Waals surface area (Å²) in [5.74, 6) is 0. The Labute approximate surface area is 99.0 Å². The van der Waals surface area contributed by atoms with Crippen LogP contribution in [-0.4, -0.2) is 21.4 Å². The molecule has 0 aliphatic rings. The predicted octanol–water partition coefficient (Wildman–Crippen LogP) is 3.20. The number of hydrogen-bond acceptors (Lipinski definition) is 3. The number of rotatable bonds is 6. The molecule has 0 amide bonds. The van der Waals surface area contributed by atoms with Gasteiger partial charge in [-0.2, -0.15) is 0 Å². The minimum absolute atomic E-state index is 0.0318. The Kier molecular flexibility index (Phi) is 4.98. The van der Waals surface area contributed by atoms with Crippen LogP contribution in [0.2, 0.25) is 13.1 Å². The Bertz CT molecular complexity index is 303. The fourth-order valence-electron chi connectivity index (χ4n) is 1.61. The topological polar surface area (TPSA) is 30.5 Å². The van der Waals surface area contributed by atoms with Crippen molar-refractivity contribution in [1.29, 1.82) is 0 Å². The Morgan fingerprint density at radius 3 is 2.44 bits per heavy atom. The second kappa shape index (κ2) is 6.03. The van der Waals surface area contributed by atoms with Crippen molar-refractivity contribution in [2.75, 3.05) is 11.9 Å². The van der Waals surface area contributed by atoms with Crippen molar-refractivity contribution in [3.05, 3.63) is 30.3 Å². The maximum absolute atomic E-state index is 5.89. The van der Waals surface area contributed by atoms with Crippen LogP contribution in [0.25, 0.3) is 0 Å². The molecule has 0 aliphatic heterocycles. The minimum Gasteiger partial charge on any atom is -0.395 e. The molecule has 4 heteroatoms. The lowest BCUT2D eigenvalue weighted by Gasteiger charge is -2.27. The third kappa shape index (κ3) is 4.79. The molecule has 0 saturated heterocycles. The van der Waals surface area contributed by atoms with Crippen molar-refractivity contribution in [2.45, 2.75) is 33.2 Å². The van der Waals surface area contributed by atoms with E-state index in [1.54, 1.807) is 0 Å². The zero-order valence-electron chi connectivity index (χ0n) is 10.5. The van der Waals surface area contributed by atoms with E-state index in [2.05, 4.69) is 18.4 Å². The summed E-state index contributed by atoms with van der Waals surface area (Å²) in [5, 5.41) is 3.29. The standard InChI is InChI=1S/C12H21NO2Si/c1-5-14-16(3,4)15-11(2)13-12-9-7-6-8-10-12/h6-11,13H,5H2,1-4H3. The largest absolute Gasteiger partial charge is 0.395 e. The third-order valence-electron chi connectivity index (χ3n) is 2.10. The van der Waals surface area contributed by atoms with Gasteiger partial charge in [-0.05, 0) is 39.1 Å². The first kappa shape index (κ1) is 13.2. The zero-order chi connectivity index (χ0) is 12.0. The summed E-state index contributed by atoms with van der Waals surface area (Å²) in [6, 6.07) is 10.0. The molecule has 0 fully saturated rings. The summed E-state index contributed by atoms with van der Waals surface area (Å²) in [4.78, 5) is 0. The molecule has 0 aromatic heterocycles. The lowest BCUT2D eigenvalue weighted by Crippen LogP contribution is -2.40. The Hall–Kier alpha value is -0.843. The van der Waals surface area contributed by atoms with Crippen molar-refractivity contribution < 1.29 is 8.85 Å². The van der Waals surface area contributed by atoms with Gasteiger partial charge in [-0.1, -0.05) is 18.2 Å². The quantitative estimate of drug-likeness (QED) is 0.611. The molecule has 0 spiro atoms. The number of nitrogens with one attached hydrogen (secondary N) is 1. The monoisotopic (exact) mass is 239 g/mol. The maximum Gasteiger partial charge on any atom is 0.333 e. The number of benzene rings is 1. The van der Waals surface area contributed by atoms with E-state index in [4.69, 9.17) is 8.85 Å². The summed E-state index contributed by atoms with van der Waals surface area (Å²) in [6.07, 6.45) is -0.0318. The highest BCUT2D eigenvalue weighted by atomic mass is 28.4. The van der Waals surface area contributed by atoms with Crippen molar-refractivity contribution in [1.82, 2.24) is 0 Å². The number of anilines is 1. The van der Waals surface area contributed by atoms with Gasteiger partial charge in [-0.3, -0.25) is 0 Å². The molecule has 0 saturated carbocycles. The molecule has 0 heterocycles. The molecule has 0 radical (unpaired) electrons. The molecule has 1 rings (SSSR count). The van der Waals surface area contributed by atoms with Crippen molar-refractivity contribution in [2.24, 2.45) is 0 Å². The fraction of sp³-hybridized carbons (Fsp3) is 0.500. The van der Waals surface area contributed by atoms with Crippen LogP contribution in [0, 0.1) is 0 Å². The molecule has 0 aliphatic carbocycles.